The number of hydrogen-bond donors (Lipinski definition) is 0. The molecule has 2 atom stereocenters. The Labute approximate surface area is 110 Å². The summed E-state index contributed by atoms with van der Waals surface area (Å²) >= 11 is 0. The molecule has 1 aromatic rings. The van der Waals surface area contributed by atoms with Gasteiger partial charge in [-0.05, 0) is 6.07 Å². The quantitative estimate of drug-likeness (QED) is 0.735. The lowest BCUT2D eigenvalue weighted by atomic mass is 9.91. The second-order valence-corrected chi connectivity index (χ2v) is 6.04. The molecule has 19 heavy (non-hydrogen) atoms. The van der Waals surface area contributed by atoms with E-state index >= 15 is 0 Å². The third-order valence-corrected chi connectivity index (χ3v) is 3.58. The van der Waals surface area contributed by atoms with E-state index in [1.807, 2.05) is 0 Å². The van der Waals surface area contributed by atoms with E-state index in [2.05, 4.69) is 10.1 Å². The van der Waals surface area contributed by atoms with Crippen LogP contribution in [0.25, 0.3) is 0 Å². The third kappa shape index (κ3) is 2.41. The molecule has 2 aliphatic heterocycles. The van der Waals surface area contributed by atoms with Crippen LogP contribution in [0, 0.1) is 5.92 Å². The predicted molar refractivity (Wildman–Crippen MR) is 65.4 cm³/mol. The molecular formula is C11H12N2O5S. The van der Waals surface area contributed by atoms with E-state index in [0.29, 0.717) is 12.4 Å². The highest BCUT2D eigenvalue weighted by Crippen LogP contribution is 2.33. The first-order valence-electron chi connectivity index (χ1n) is 5.70. The highest BCUT2D eigenvalue weighted by molar-refractivity contribution is 7.85. The largest absolute Gasteiger partial charge is 0.490 e. The van der Waals surface area contributed by atoms with Crippen molar-refractivity contribution in [2.75, 3.05) is 19.5 Å². The van der Waals surface area contributed by atoms with Gasteiger partial charge in [-0.15, -0.1) is 0 Å². The van der Waals surface area contributed by atoms with Crippen molar-refractivity contribution in [3.63, 3.8) is 0 Å². The Morgan fingerprint density at radius 3 is 3.16 bits per heavy atom. The van der Waals surface area contributed by atoms with Crippen LogP contribution in [0.1, 0.15) is 5.56 Å². The van der Waals surface area contributed by atoms with Crippen LogP contribution in [-0.2, 0) is 19.1 Å². The Morgan fingerprint density at radius 1 is 1.53 bits per heavy atom. The molecule has 0 saturated heterocycles. The van der Waals surface area contributed by atoms with Crippen LogP contribution in [-0.4, -0.2) is 44.7 Å². The lowest BCUT2D eigenvalue weighted by molar-refractivity contribution is 0.0175. The van der Waals surface area contributed by atoms with E-state index in [9.17, 15) is 8.42 Å². The third-order valence-electron chi connectivity index (χ3n) is 3.01. The van der Waals surface area contributed by atoms with Crippen LogP contribution < -0.4 is 4.74 Å². The number of rotatable bonds is 3. The van der Waals surface area contributed by atoms with Gasteiger partial charge in [0.05, 0.1) is 18.4 Å². The van der Waals surface area contributed by atoms with Crippen molar-refractivity contribution in [3.8, 4) is 5.75 Å². The minimum Gasteiger partial charge on any atom is -0.490 e. The molecule has 0 saturated carbocycles. The van der Waals surface area contributed by atoms with Crippen molar-refractivity contribution in [3.05, 3.63) is 24.0 Å². The molecule has 0 aromatic carbocycles. The first kappa shape index (κ1) is 12.4. The number of pyridine rings is 1. The molecule has 0 spiro atoms. The van der Waals surface area contributed by atoms with Gasteiger partial charge in [-0.1, -0.05) is 5.16 Å². The molecule has 0 bridgehead atoms. The van der Waals surface area contributed by atoms with E-state index in [4.69, 9.17) is 13.8 Å². The fraction of sp³-hybridized carbons (Fsp3) is 0.455. The molecule has 3 rings (SSSR count). The molecule has 0 aliphatic carbocycles. The number of oxime groups is 1. The molecule has 102 valence electrons. The Morgan fingerprint density at radius 2 is 2.37 bits per heavy atom. The van der Waals surface area contributed by atoms with Gasteiger partial charge in [0.1, 0.15) is 24.7 Å². The van der Waals surface area contributed by atoms with Crippen molar-refractivity contribution in [2.45, 2.75) is 6.10 Å². The van der Waals surface area contributed by atoms with Gasteiger partial charge >= 0.3 is 0 Å². The second kappa shape index (κ2) is 4.46. The number of ether oxygens (including phenoxy) is 1. The summed E-state index contributed by atoms with van der Waals surface area (Å²) in [6.07, 6.45) is 3.82. The summed E-state index contributed by atoms with van der Waals surface area (Å²) in [5, 5.41) is 4.02. The topological polar surface area (TPSA) is 87.1 Å². The van der Waals surface area contributed by atoms with Crippen molar-refractivity contribution in [1.29, 1.82) is 0 Å². The average Bonchev–Trinajstić information content (AvgIpc) is 2.79. The lowest BCUT2D eigenvalue weighted by Gasteiger charge is -2.24. The monoisotopic (exact) mass is 284 g/mol. The molecule has 0 radical (unpaired) electrons. The smallest absolute Gasteiger partial charge is 0.264 e. The summed E-state index contributed by atoms with van der Waals surface area (Å²) < 4.78 is 32.3. The zero-order chi connectivity index (χ0) is 13.5. The van der Waals surface area contributed by atoms with Crippen molar-refractivity contribution in [2.24, 2.45) is 11.1 Å². The summed E-state index contributed by atoms with van der Waals surface area (Å²) in [7, 11) is -3.49. The van der Waals surface area contributed by atoms with E-state index in [0.717, 1.165) is 17.5 Å². The molecule has 3 heterocycles. The van der Waals surface area contributed by atoms with Crippen molar-refractivity contribution in [1.82, 2.24) is 4.98 Å². The summed E-state index contributed by atoms with van der Waals surface area (Å²) in [4.78, 5) is 9.23. The van der Waals surface area contributed by atoms with Crippen LogP contribution >= 0.6 is 0 Å². The number of nitrogens with zero attached hydrogens (tertiary/aromatic N) is 2. The van der Waals surface area contributed by atoms with Gasteiger partial charge in [0.25, 0.3) is 10.1 Å². The standard InChI is InChI=1S/C11H12N2O5S/c1-19(14,15)17-6-10-8-5-16-9-4-12-3-2-7(9)11(8)13-18-10/h2-4,8,10H,5-6H2,1H3. The van der Waals surface area contributed by atoms with Crippen LogP contribution in [0.5, 0.6) is 5.75 Å². The summed E-state index contributed by atoms with van der Waals surface area (Å²) in [5.41, 5.74) is 1.58. The van der Waals surface area contributed by atoms with Crippen molar-refractivity contribution < 1.29 is 22.2 Å². The molecule has 0 fully saturated rings. The Hall–Kier alpha value is -1.67. The minimum atomic E-state index is -3.49. The van der Waals surface area contributed by atoms with Crippen LogP contribution in [0.3, 0.4) is 0 Å². The normalized spacial score (nSPS) is 24.8. The van der Waals surface area contributed by atoms with E-state index in [1.54, 1.807) is 18.5 Å². The van der Waals surface area contributed by atoms with Gasteiger partial charge in [-0.3, -0.25) is 9.17 Å². The fourth-order valence-corrected chi connectivity index (χ4v) is 2.48. The van der Waals surface area contributed by atoms with Gasteiger partial charge in [0.15, 0.2) is 6.10 Å². The number of hydrogen-bond acceptors (Lipinski definition) is 7. The molecule has 2 aliphatic rings. The maximum Gasteiger partial charge on any atom is 0.264 e. The molecule has 2 unspecified atom stereocenters. The van der Waals surface area contributed by atoms with E-state index in [1.165, 1.54) is 0 Å². The summed E-state index contributed by atoms with van der Waals surface area (Å²) in [6.45, 7) is 0.301. The van der Waals surface area contributed by atoms with Crippen LogP contribution in [0.2, 0.25) is 0 Å². The molecular weight excluding hydrogens is 272 g/mol. The lowest BCUT2D eigenvalue weighted by Crippen LogP contribution is -2.36. The maximum absolute atomic E-state index is 11.0. The zero-order valence-corrected chi connectivity index (χ0v) is 11.0. The van der Waals surface area contributed by atoms with Gasteiger partial charge in [-0.2, -0.15) is 8.42 Å². The summed E-state index contributed by atoms with van der Waals surface area (Å²) in [6, 6.07) is 1.80. The van der Waals surface area contributed by atoms with E-state index in [-0.39, 0.29) is 12.5 Å². The number of aromatic nitrogens is 1. The van der Waals surface area contributed by atoms with Crippen LogP contribution in [0.15, 0.2) is 23.6 Å². The average molecular weight is 284 g/mol. The van der Waals surface area contributed by atoms with Crippen molar-refractivity contribution >= 4 is 15.8 Å². The minimum absolute atomic E-state index is 0.0692. The SMILES string of the molecule is CS(=O)(=O)OCC1ON=C2c3ccncc3OCC21. The van der Waals surface area contributed by atoms with Gasteiger partial charge in [0, 0.05) is 11.8 Å². The molecule has 0 N–H and O–H groups in total. The van der Waals surface area contributed by atoms with Gasteiger partial charge in [0.2, 0.25) is 0 Å². The Bertz CT molecular complexity index is 628. The van der Waals surface area contributed by atoms with Crippen LogP contribution in [0.4, 0.5) is 0 Å². The Balaban J connectivity index is 1.78. The number of fused-ring (bicyclic) bond motifs is 3. The zero-order valence-electron chi connectivity index (χ0n) is 10.1. The second-order valence-electron chi connectivity index (χ2n) is 4.40. The highest BCUT2D eigenvalue weighted by atomic mass is 32.2. The molecule has 7 nitrogen and oxygen atoms in total. The Kier molecular flexibility index (Phi) is 2.90. The molecule has 1 aromatic heterocycles. The van der Waals surface area contributed by atoms with E-state index < -0.39 is 16.2 Å². The highest BCUT2D eigenvalue weighted by Gasteiger charge is 2.40. The maximum atomic E-state index is 11.0. The fourth-order valence-electron chi connectivity index (χ4n) is 2.10. The molecule has 8 heteroatoms. The predicted octanol–water partition coefficient (Wildman–Crippen LogP) is 0.169. The first-order valence-corrected chi connectivity index (χ1v) is 7.51. The molecule has 0 amide bonds. The first-order chi connectivity index (χ1) is 9.04. The van der Waals surface area contributed by atoms with Gasteiger partial charge < -0.3 is 9.57 Å². The van der Waals surface area contributed by atoms with Gasteiger partial charge in [-0.25, -0.2) is 0 Å². The summed E-state index contributed by atoms with van der Waals surface area (Å²) in [5.74, 6) is 0.530.